The minimum atomic E-state index is 0.408. The molecule has 3 unspecified atom stereocenters. The van der Waals surface area contributed by atoms with Crippen molar-refractivity contribution >= 4 is 11.6 Å². The van der Waals surface area contributed by atoms with Gasteiger partial charge in [0.15, 0.2) is 0 Å². The second-order valence-corrected chi connectivity index (χ2v) is 6.48. The van der Waals surface area contributed by atoms with Crippen molar-refractivity contribution in [2.24, 2.45) is 5.73 Å². The summed E-state index contributed by atoms with van der Waals surface area (Å²) in [5, 5.41) is 0.844. The molecule has 2 aliphatic heterocycles. The average Bonchev–Trinajstić information content (AvgIpc) is 2.65. The molecule has 2 nitrogen and oxygen atoms in total. The Hall–Kier alpha value is -0.570. The van der Waals surface area contributed by atoms with E-state index in [0.717, 1.165) is 24.3 Å². The Bertz CT molecular complexity index is 434. The van der Waals surface area contributed by atoms with Crippen molar-refractivity contribution < 1.29 is 0 Å². The number of fused-ring (bicyclic) bond motifs is 2. The van der Waals surface area contributed by atoms with Crippen molar-refractivity contribution in [3.05, 3.63) is 34.9 Å². The third kappa shape index (κ3) is 2.54. The highest BCUT2D eigenvalue weighted by Gasteiger charge is 2.42. The lowest BCUT2D eigenvalue weighted by molar-refractivity contribution is 0.0746. The second-order valence-electron chi connectivity index (χ2n) is 6.04. The molecule has 2 bridgehead atoms. The molecular weight excluding hydrogens is 256 g/mol. The fourth-order valence-electron chi connectivity index (χ4n) is 4.10. The summed E-state index contributed by atoms with van der Waals surface area (Å²) in [6.45, 7) is 2.28. The SMILES string of the molecule is CCC(c1cccc(Cl)c1)N1C2CCC1CC(N)C2. The Morgan fingerprint density at radius 3 is 2.58 bits per heavy atom. The predicted molar refractivity (Wildman–Crippen MR) is 80.3 cm³/mol. The van der Waals surface area contributed by atoms with Crippen LogP contribution in [0.25, 0.3) is 0 Å². The van der Waals surface area contributed by atoms with Crippen molar-refractivity contribution in [2.75, 3.05) is 0 Å². The van der Waals surface area contributed by atoms with Crippen LogP contribution in [0.3, 0.4) is 0 Å². The lowest BCUT2D eigenvalue weighted by Gasteiger charge is -2.43. The van der Waals surface area contributed by atoms with Gasteiger partial charge >= 0.3 is 0 Å². The molecule has 3 atom stereocenters. The summed E-state index contributed by atoms with van der Waals surface area (Å²) >= 11 is 6.16. The normalized spacial score (nSPS) is 32.5. The van der Waals surface area contributed by atoms with Crippen LogP contribution in [-0.4, -0.2) is 23.0 Å². The summed E-state index contributed by atoms with van der Waals surface area (Å²) in [6.07, 6.45) is 6.09. The zero-order chi connectivity index (χ0) is 13.4. The summed E-state index contributed by atoms with van der Waals surface area (Å²) in [5.41, 5.74) is 7.54. The summed E-state index contributed by atoms with van der Waals surface area (Å²) in [5.74, 6) is 0. The molecule has 0 radical (unpaired) electrons. The van der Waals surface area contributed by atoms with Gasteiger partial charge in [-0.2, -0.15) is 0 Å². The molecule has 2 saturated heterocycles. The Morgan fingerprint density at radius 1 is 1.32 bits per heavy atom. The highest BCUT2D eigenvalue weighted by atomic mass is 35.5. The maximum atomic E-state index is 6.17. The molecular formula is C16H23ClN2. The molecule has 3 rings (SSSR count). The predicted octanol–water partition coefficient (Wildman–Crippen LogP) is 3.75. The van der Waals surface area contributed by atoms with Crippen molar-refractivity contribution in [3.63, 3.8) is 0 Å². The van der Waals surface area contributed by atoms with E-state index in [9.17, 15) is 0 Å². The van der Waals surface area contributed by atoms with Crippen molar-refractivity contribution in [2.45, 2.75) is 63.2 Å². The van der Waals surface area contributed by atoms with Gasteiger partial charge in [-0.15, -0.1) is 0 Å². The Balaban J connectivity index is 1.87. The molecule has 1 aromatic rings. The largest absolute Gasteiger partial charge is 0.328 e. The molecule has 2 fully saturated rings. The van der Waals surface area contributed by atoms with Gasteiger partial charge in [-0.1, -0.05) is 30.7 Å². The first-order chi connectivity index (χ1) is 9.19. The molecule has 104 valence electrons. The molecule has 0 aromatic heterocycles. The van der Waals surface area contributed by atoms with Gasteiger partial charge in [0, 0.05) is 29.2 Å². The number of benzene rings is 1. The third-order valence-corrected chi connectivity index (χ3v) is 5.04. The van der Waals surface area contributed by atoms with Gasteiger partial charge in [0.25, 0.3) is 0 Å². The van der Waals surface area contributed by atoms with E-state index in [0.29, 0.717) is 24.2 Å². The number of piperidine rings is 1. The van der Waals surface area contributed by atoms with Gasteiger partial charge in [-0.25, -0.2) is 0 Å². The Kier molecular flexibility index (Phi) is 3.84. The lowest BCUT2D eigenvalue weighted by Crippen LogP contribution is -2.48. The molecule has 3 heteroatoms. The molecule has 2 N–H and O–H groups in total. The summed E-state index contributed by atoms with van der Waals surface area (Å²) in [7, 11) is 0. The van der Waals surface area contributed by atoms with Gasteiger partial charge in [0.1, 0.15) is 0 Å². The summed E-state index contributed by atoms with van der Waals surface area (Å²) in [4.78, 5) is 2.73. The van der Waals surface area contributed by atoms with Crippen LogP contribution in [0.4, 0.5) is 0 Å². The topological polar surface area (TPSA) is 29.3 Å². The number of hydrogen-bond acceptors (Lipinski definition) is 2. The molecule has 0 spiro atoms. The molecule has 0 amide bonds. The van der Waals surface area contributed by atoms with Gasteiger partial charge in [0.05, 0.1) is 0 Å². The van der Waals surface area contributed by atoms with Crippen molar-refractivity contribution in [1.29, 1.82) is 0 Å². The van der Waals surface area contributed by atoms with Crippen molar-refractivity contribution in [1.82, 2.24) is 4.90 Å². The molecule has 2 heterocycles. The van der Waals surface area contributed by atoms with Crippen LogP contribution < -0.4 is 5.73 Å². The van der Waals surface area contributed by atoms with Crippen LogP contribution in [0.15, 0.2) is 24.3 Å². The first kappa shape index (κ1) is 13.4. The van der Waals surface area contributed by atoms with E-state index in [1.807, 2.05) is 6.07 Å². The summed E-state index contributed by atoms with van der Waals surface area (Å²) < 4.78 is 0. The van der Waals surface area contributed by atoms with Crippen LogP contribution in [-0.2, 0) is 0 Å². The Labute approximate surface area is 120 Å². The maximum Gasteiger partial charge on any atom is 0.0409 e. The first-order valence-electron chi connectivity index (χ1n) is 7.47. The summed E-state index contributed by atoms with van der Waals surface area (Å²) in [6, 6.07) is 10.6. The lowest BCUT2D eigenvalue weighted by atomic mass is 9.92. The van der Waals surface area contributed by atoms with E-state index in [1.165, 1.54) is 18.4 Å². The van der Waals surface area contributed by atoms with E-state index < -0.39 is 0 Å². The van der Waals surface area contributed by atoms with E-state index in [4.69, 9.17) is 17.3 Å². The zero-order valence-corrected chi connectivity index (χ0v) is 12.3. The Morgan fingerprint density at radius 2 is 2.00 bits per heavy atom. The number of nitrogens with zero attached hydrogens (tertiary/aromatic N) is 1. The van der Waals surface area contributed by atoms with E-state index in [1.54, 1.807) is 0 Å². The van der Waals surface area contributed by atoms with Crippen LogP contribution in [0, 0.1) is 0 Å². The highest BCUT2D eigenvalue weighted by Crippen LogP contribution is 2.42. The molecule has 0 saturated carbocycles. The minimum Gasteiger partial charge on any atom is -0.328 e. The molecule has 1 aromatic carbocycles. The van der Waals surface area contributed by atoms with Crippen LogP contribution in [0.5, 0.6) is 0 Å². The monoisotopic (exact) mass is 278 g/mol. The molecule has 2 aliphatic rings. The van der Waals surface area contributed by atoms with Gasteiger partial charge in [0.2, 0.25) is 0 Å². The molecule has 19 heavy (non-hydrogen) atoms. The zero-order valence-electron chi connectivity index (χ0n) is 11.6. The quantitative estimate of drug-likeness (QED) is 0.912. The van der Waals surface area contributed by atoms with Gasteiger partial charge < -0.3 is 5.73 Å². The fourth-order valence-corrected chi connectivity index (χ4v) is 4.30. The minimum absolute atomic E-state index is 0.408. The van der Waals surface area contributed by atoms with E-state index >= 15 is 0 Å². The van der Waals surface area contributed by atoms with E-state index in [-0.39, 0.29) is 0 Å². The standard InChI is InChI=1S/C16H23ClN2/c1-2-16(11-4-3-5-12(17)8-11)19-14-6-7-15(19)10-13(18)9-14/h3-5,8,13-16H,2,6-7,9-10,18H2,1H3. The smallest absolute Gasteiger partial charge is 0.0409 e. The van der Waals surface area contributed by atoms with Gasteiger partial charge in [-0.3, -0.25) is 4.90 Å². The highest BCUT2D eigenvalue weighted by molar-refractivity contribution is 6.30. The van der Waals surface area contributed by atoms with Crippen LogP contribution in [0.2, 0.25) is 5.02 Å². The van der Waals surface area contributed by atoms with E-state index in [2.05, 4.69) is 30.0 Å². The average molecular weight is 279 g/mol. The fraction of sp³-hybridized carbons (Fsp3) is 0.625. The number of hydrogen-bond donors (Lipinski definition) is 1. The molecule has 0 aliphatic carbocycles. The second kappa shape index (κ2) is 5.43. The maximum absolute atomic E-state index is 6.17. The van der Waals surface area contributed by atoms with Crippen LogP contribution >= 0.6 is 11.6 Å². The van der Waals surface area contributed by atoms with Crippen LogP contribution in [0.1, 0.15) is 50.6 Å². The third-order valence-electron chi connectivity index (χ3n) is 4.81. The van der Waals surface area contributed by atoms with Crippen molar-refractivity contribution in [3.8, 4) is 0 Å². The number of rotatable bonds is 3. The number of nitrogens with two attached hydrogens (primary N) is 1. The van der Waals surface area contributed by atoms with Gasteiger partial charge in [-0.05, 0) is 49.8 Å². The first-order valence-corrected chi connectivity index (χ1v) is 7.85. The number of halogens is 1.